The summed E-state index contributed by atoms with van der Waals surface area (Å²) in [4.78, 5) is 1.76. The van der Waals surface area contributed by atoms with E-state index in [-0.39, 0.29) is 22.9 Å². The fourth-order valence-electron chi connectivity index (χ4n) is 4.24. The molecule has 0 radical (unpaired) electrons. The average molecular weight is 239 g/mol. The smallest absolute Gasteiger partial charge is 0.267 e. The molecule has 4 heteroatoms. The summed E-state index contributed by atoms with van der Waals surface area (Å²) in [6.07, 6.45) is 3.42. The zero-order chi connectivity index (χ0) is 11.7. The summed E-state index contributed by atoms with van der Waals surface area (Å²) in [5.74, 6) is 0.700. The van der Waals surface area contributed by atoms with Crippen molar-refractivity contribution >= 4 is 17.4 Å². The molecule has 3 rings (SSSR count). The Balaban J connectivity index is 2.15. The van der Waals surface area contributed by atoms with Gasteiger partial charge in [0.1, 0.15) is 6.10 Å². The lowest BCUT2D eigenvalue weighted by atomic mass is 9.75. The second-order valence-corrected chi connectivity index (χ2v) is 6.09. The number of ether oxygens (including phenoxy) is 1. The summed E-state index contributed by atoms with van der Waals surface area (Å²) >= 11 is 5.21. The third-order valence-electron chi connectivity index (χ3n) is 5.12. The number of nitrogens with zero attached hydrogens (tertiary/aromatic N) is 1. The van der Waals surface area contributed by atoms with E-state index in [9.17, 15) is 5.11 Å². The van der Waals surface area contributed by atoms with Crippen molar-refractivity contribution < 1.29 is 9.84 Å². The average Bonchev–Trinajstić information content (AvgIpc) is 2.67. The van der Waals surface area contributed by atoms with Crippen LogP contribution in [-0.2, 0) is 4.74 Å². The van der Waals surface area contributed by atoms with E-state index in [1.54, 1.807) is 4.90 Å². The van der Waals surface area contributed by atoms with Gasteiger partial charge in [0.05, 0.1) is 5.54 Å². The highest BCUT2D eigenvalue weighted by Crippen LogP contribution is 2.66. The fraction of sp³-hybridized carbons (Fsp3) is 0.750. The van der Waals surface area contributed by atoms with Crippen LogP contribution >= 0.6 is 12.2 Å². The van der Waals surface area contributed by atoms with Gasteiger partial charge in [-0.15, -0.1) is 0 Å². The maximum atomic E-state index is 9.78. The minimum Gasteiger partial charge on any atom is -0.495 e. The molecule has 1 N–H and O–H groups in total. The molecule has 2 bridgehead atoms. The molecule has 3 aliphatic rings. The minimum absolute atomic E-state index is 0.0307. The third-order valence-corrected chi connectivity index (χ3v) is 5.40. The van der Waals surface area contributed by atoms with Gasteiger partial charge in [-0.3, -0.25) is 4.90 Å². The maximum Gasteiger partial charge on any atom is 0.267 e. The van der Waals surface area contributed by atoms with E-state index in [4.69, 9.17) is 17.0 Å². The number of thiocarbonyl (C=S) groups is 1. The number of fused-ring (bicyclic) bond motifs is 1. The van der Waals surface area contributed by atoms with Crippen LogP contribution in [0.15, 0.2) is 12.5 Å². The van der Waals surface area contributed by atoms with Gasteiger partial charge in [-0.1, -0.05) is 13.8 Å². The summed E-state index contributed by atoms with van der Waals surface area (Å²) in [5, 5.41) is 10.2. The van der Waals surface area contributed by atoms with Crippen molar-refractivity contribution in [3.8, 4) is 0 Å². The van der Waals surface area contributed by atoms with E-state index in [1.165, 1.54) is 6.42 Å². The van der Waals surface area contributed by atoms with Crippen LogP contribution in [0.4, 0.5) is 0 Å². The Hall–Kier alpha value is -0.770. The first-order chi connectivity index (χ1) is 7.41. The van der Waals surface area contributed by atoms with Crippen molar-refractivity contribution in [2.45, 2.75) is 44.8 Å². The van der Waals surface area contributed by atoms with E-state index >= 15 is 0 Å². The highest BCUT2D eigenvalue weighted by molar-refractivity contribution is 7.80. The molecule has 1 aliphatic heterocycles. The van der Waals surface area contributed by atoms with Crippen LogP contribution in [0.2, 0.25) is 0 Å². The zero-order valence-corrected chi connectivity index (χ0v) is 10.5. The van der Waals surface area contributed by atoms with E-state index in [1.807, 2.05) is 0 Å². The molecular weight excluding hydrogens is 222 g/mol. The van der Waals surface area contributed by atoms with Crippen LogP contribution in [0.1, 0.15) is 33.1 Å². The van der Waals surface area contributed by atoms with Crippen molar-refractivity contribution in [1.82, 2.24) is 4.90 Å². The van der Waals surface area contributed by atoms with Gasteiger partial charge < -0.3 is 9.84 Å². The standard InChI is InChI=1S/C12H17NO2S/c1-7(14)13-10(16)15-9-6-8-4-5-12(9,13)11(8,2)3/h8-9,14H,1,4-6H2,2-3H3/t8-,9-,12-/m1/s1. The molecule has 2 saturated carbocycles. The van der Waals surface area contributed by atoms with Gasteiger partial charge in [-0.2, -0.15) is 0 Å². The number of aliphatic hydroxyl groups is 1. The first-order valence-electron chi connectivity index (χ1n) is 5.80. The lowest BCUT2D eigenvalue weighted by Gasteiger charge is -2.42. The van der Waals surface area contributed by atoms with Crippen molar-refractivity contribution in [3.63, 3.8) is 0 Å². The minimum atomic E-state index is -0.152. The molecule has 3 atom stereocenters. The van der Waals surface area contributed by atoms with E-state index in [0.29, 0.717) is 11.1 Å². The van der Waals surface area contributed by atoms with Gasteiger partial charge in [0, 0.05) is 0 Å². The molecule has 3 nitrogen and oxygen atoms in total. The Morgan fingerprint density at radius 2 is 2.31 bits per heavy atom. The van der Waals surface area contributed by atoms with E-state index < -0.39 is 0 Å². The molecule has 88 valence electrons. The quantitative estimate of drug-likeness (QED) is 0.563. The molecule has 0 aromatic heterocycles. The summed E-state index contributed by atoms with van der Waals surface area (Å²) in [7, 11) is 0. The molecule has 1 spiro atoms. The number of hydrogen-bond acceptors (Lipinski definition) is 3. The summed E-state index contributed by atoms with van der Waals surface area (Å²) in [6.45, 7) is 8.16. The second-order valence-electron chi connectivity index (χ2n) is 5.74. The molecule has 3 fully saturated rings. The Labute approximate surface area is 101 Å². The van der Waals surface area contributed by atoms with Crippen LogP contribution in [0.25, 0.3) is 0 Å². The Morgan fingerprint density at radius 3 is 2.88 bits per heavy atom. The normalized spacial score (nSPS) is 43.4. The summed E-state index contributed by atoms with van der Waals surface area (Å²) in [6, 6.07) is 0. The zero-order valence-electron chi connectivity index (χ0n) is 9.69. The SMILES string of the molecule is C=C(O)N1C(=S)O[C@@H]2C[C@H]3CC[C@]21C3(C)C. The van der Waals surface area contributed by atoms with Crippen molar-refractivity contribution in [3.05, 3.63) is 12.5 Å². The van der Waals surface area contributed by atoms with Gasteiger partial charge >= 0.3 is 0 Å². The van der Waals surface area contributed by atoms with Crippen LogP contribution < -0.4 is 0 Å². The van der Waals surface area contributed by atoms with Gasteiger partial charge in [0.15, 0.2) is 5.88 Å². The van der Waals surface area contributed by atoms with E-state index in [0.717, 1.165) is 12.8 Å². The molecule has 0 unspecified atom stereocenters. The summed E-state index contributed by atoms with van der Waals surface area (Å²) < 4.78 is 5.76. The van der Waals surface area contributed by atoms with Gasteiger partial charge in [-0.25, -0.2) is 0 Å². The van der Waals surface area contributed by atoms with Crippen molar-refractivity contribution in [2.75, 3.05) is 0 Å². The largest absolute Gasteiger partial charge is 0.495 e. The van der Waals surface area contributed by atoms with Gasteiger partial charge in [0.2, 0.25) is 0 Å². The van der Waals surface area contributed by atoms with Crippen LogP contribution in [0.3, 0.4) is 0 Å². The number of rotatable bonds is 1. The Kier molecular flexibility index (Phi) is 1.77. The van der Waals surface area contributed by atoms with Crippen LogP contribution in [0, 0.1) is 11.3 Å². The number of aliphatic hydroxyl groups excluding tert-OH is 1. The molecule has 1 saturated heterocycles. The molecule has 0 aromatic carbocycles. The second kappa shape index (κ2) is 2.73. The molecule has 16 heavy (non-hydrogen) atoms. The van der Waals surface area contributed by atoms with E-state index in [2.05, 4.69) is 20.4 Å². The molecular formula is C12H17NO2S. The van der Waals surface area contributed by atoms with Gasteiger partial charge in [-0.05, 0) is 49.4 Å². The fourth-order valence-corrected chi connectivity index (χ4v) is 4.62. The molecule has 0 amide bonds. The van der Waals surface area contributed by atoms with Crippen molar-refractivity contribution in [2.24, 2.45) is 11.3 Å². The Morgan fingerprint density at radius 1 is 1.62 bits per heavy atom. The predicted octanol–water partition coefficient (Wildman–Crippen LogP) is 2.58. The first-order valence-corrected chi connectivity index (χ1v) is 6.21. The third kappa shape index (κ3) is 0.851. The monoisotopic (exact) mass is 239 g/mol. The molecule has 0 aromatic rings. The number of hydrogen-bond donors (Lipinski definition) is 1. The maximum absolute atomic E-state index is 9.78. The lowest BCUT2D eigenvalue weighted by Crippen LogP contribution is -2.54. The predicted molar refractivity (Wildman–Crippen MR) is 64.9 cm³/mol. The highest BCUT2D eigenvalue weighted by Gasteiger charge is 2.72. The van der Waals surface area contributed by atoms with Crippen molar-refractivity contribution in [1.29, 1.82) is 0 Å². The summed E-state index contributed by atoms with van der Waals surface area (Å²) in [5.41, 5.74) is -0.0233. The topological polar surface area (TPSA) is 32.7 Å². The van der Waals surface area contributed by atoms with Crippen LogP contribution in [-0.4, -0.2) is 26.8 Å². The van der Waals surface area contributed by atoms with Gasteiger partial charge in [0.25, 0.3) is 5.17 Å². The first kappa shape index (κ1) is 10.4. The Bertz CT molecular complexity index is 392. The molecule has 1 heterocycles. The lowest BCUT2D eigenvalue weighted by molar-refractivity contribution is 0.0492. The highest BCUT2D eigenvalue weighted by atomic mass is 32.1. The van der Waals surface area contributed by atoms with Crippen LogP contribution in [0.5, 0.6) is 0 Å². The molecule has 2 aliphatic carbocycles.